The second-order valence-corrected chi connectivity index (χ2v) is 21.3. The van der Waals surface area contributed by atoms with E-state index in [1.807, 2.05) is 21.1 Å². The van der Waals surface area contributed by atoms with Gasteiger partial charge in [0.15, 0.2) is 12.4 Å². The highest BCUT2D eigenvalue weighted by molar-refractivity contribution is 5.70. The highest BCUT2D eigenvalue weighted by Gasteiger charge is 2.22. The van der Waals surface area contributed by atoms with Crippen LogP contribution in [0.4, 0.5) is 0 Å². The summed E-state index contributed by atoms with van der Waals surface area (Å²) in [5.41, 5.74) is 0. The van der Waals surface area contributed by atoms with E-state index in [9.17, 15) is 19.5 Å². The first kappa shape index (κ1) is 69.7. The number of nitrogens with zero attached hydrogens (tertiary/aromatic N) is 1. The fraction of sp³-hybridized carbons (Fsp3) is 0.766. The van der Waals surface area contributed by atoms with Crippen LogP contribution in [0.15, 0.2) is 72.9 Å². The van der Waals surface area contributed by atoms with Gasteiger partial charge >= 0.3 is 11.9 Å². The predicted molar refractivity (Wildman–Crippen MR) is 306 cm³/mol. The number of carbonyl (C=O) groups excluding carboxylic acids is 3. The van der Waals surface area contributed by atoms with E-state index < -0.39 is 24.3 Å². The Morgan fingerprint density at radius 2 is 0.781 bits per heavy atom. The molecule has 0 N–H and O–H groups in total. The van der Waals surface area contributed by atoms with Crippen molar-refractivity contribution in [1.82, 2.24) is 0 Å². The van der Waals surface area contributed by atoms with Crippen LogP contribution in [-0.4, -0.2) is 82.3 Å². The Bertz CT molecular complexity index is 1420. The number of quaternary nitrogens is 1. The molecule has 0 aromatic heterocycles. The Labute approximate surface area is 449 Å². The minimum absolute atomic E-state index is 0.145. The van der Waals surface area contributed by atoms with E-state index in [1.54, 1.807) is 0 Å². The second-order valence-electron chi connectivity index (χ2n) is 21.3. The molecule has 2 atom stereocenters. The van der Waals surface area contributed by atoms with Crippen LogP contribution in [0.5, 0.6) is 0 Å². The molecule has 9 heteroatoms. The average Bonchev–Trinajstić information content (AvgIpc) is 3.36. The minimum Gasteiger partial charge on any atom is -0.545 e. The lowest BCUT2D eigenvalue weighted by molar-refractivity contribution is -0.870. The smallest absolute Gasteiger partial charge is 0.306 e. The van der Waals surface area contributed by atoms with Crippen LogP contribution in [-0.2, 0) is 33.3 Å². The molecule has 9 nitrogen and oxygen atoms in total. The topological polar surface area (TPSA) is 111 Å². The number of rotatable bonds is 55. The fourth-order valence-electron chi connectivity index (χ4n) is 8.32. The summed E-state index contributed by atoms with van der Waals surface area (Å²) in [7, 11) is 5.92. The molecule has 0 bridgehead atoms. The normalized spacial score (nSPS) is 13.3. The highest BCUT2D eigenvalue weighted by Crippen LogP contribution is 2.16. The molecule has 0 spiro atoms. The molecule has 0 aromatic rings. The first-order valence-electron chi connectivity index (χ1n) is 30.1. The lowest BCUT2D eigenvalue weighted by Crippen LogP contribution is -2.44. The molecule has 0 radical (unpaired) electrons. The quantitative estimate of drug-likeness (QED) is 0.0195. The summed E-state index contributed by atoms with van der Waals surface area (Å²) in [5.74, 6) is -2.28. The molecular weight excluding hydrogens is 911 g/mol. The zero-order valence-electron chi connectivity index (χ0n) is 48.0. The molecule has 0 aliphatic heterocycles. The molecule has 0 rings (SSSR count). The van der Waals surface area contributed by atoms with E-state index >= 15 is 0 Å². The Morgan fingerprint density at radius 3 is 1.16 bits per heavy atom. The molecule has 2 unspecified atom stereocenters. The van der Waals surface area contributed by atoms with Crippen molar-refractivity contribution in [3.8, 4) is 0 Å². The number of carbonyl (C=O) groups is 3. The van der Waals surface area contributed by atoms with Gasteiger partial charge in [-0.2, -0.15) is 0 Å². The molecule has 0 saturated carbocycles. The van der Waals surface area contributed by atoms with Crippen LogP contribution in [0, 0.1) is 0 Å². The molecule has 73 heavy (non-hydrogen) atoms. The first-order chi connectivity index (χ1) is 35.6. The van der Waals surface area contributed by atoms with Crippen molar-refractivity contribution in [3.63, 3.8) is 0 Å². The molecule has 0 saturated heterocycles. The maximum atomic E-state index is 12.9. The number of esters is 2. The summed E-state index contributed by atoms with van der Waals surface area (Å²) in [6, 6.07) is 0. The number of carboxylic acids is 1. The highest BCUT2D eigenvalue weighted by atomic mass is 16.7. The number of ether oxygens (including phenoxy) is 4. The standard InChI is InChI=1S/C64H113NO8/c1-6-8-10-12-14-16-18-20-22-24-26-28-30-31-33-35-37-39-41-43-45-47-49-51-53-55-62(67)73-60(59-72-64(63(68)69)70-57-56-65(3,4)5)58-71-61(66)54-52-50-48-46-44-42-40-38-36-34-32-29-27-25-23-21-19-17-15-13-11-9-7-2/h8,10,14,16,19-22,25-28,60,64H,6-7,9,11-13,15,17-18,23-24,29-59H2,1-5H3/b10-8-,16-14-,21-19-,22-20-,27-25-,28-26-. The number of carboxylic acid groups (broad SMARTS) is 1. The van der Waals surface area contributed by atoms with Gasteiger partial charge in [-0.15, -0.1) is 0 Å². The van der Waals surface area contributed by atoms with Gasteiger partial charge in [-0.1, -0.05) is 234 Å². The number of unbranched alkanes of at least 4 members (excludes halogenated alkanes) is 28. The summed E-state index contributed by atoms with van der Waals surface area (Å²) in [6.07, 6.45) is 68.0. The second kappa shape index (κ2) is 55.0. The van der Waals surface area contributed by atoms with Gasteiger partial charge < -0.3 is 33.3 Å². The van der Waals surface area contributed by atoms with Crippen LogP contribution in [0.3, 0.4) is 0 Å². The van der Waals surface area contributed by atoms with Gasteiger partial charge in [0.25, 0.3) is 0 Å². The zero-order valence-corrected chi connectivity index (χ0v) is 48.0. The largest absolute Gasteiger partial charge is 0.545 e. The summed E-state index contributed by atoms with van der Waals surface area (Å²) in [4.78, 5) is 37.3. The van der Waals surface area contributed by atoms with Gasteiger partial charge in [0.1, 0.15) is 13.2 Å². The summed E-state index contributed by atoms with van der Waals surface area (Å²) >= 11 is 0. The van der Waals surface area contributed by atoms with Crippen molar-refractivity contribution < 1.29 is 42.9 Å². The molecule has 422 valence electrons. The van der Waals surface area contributed by atoms with Crippen molar-refractivity contribution >= 4 is 17.9 Å². The third-order valence-corrected chi connectivity index (χ3v) is 12.9. The van der Waals surface area contributed by atoms with E-state index in [0.717, 1.165) is 70.6 Å². The number of hydrogen-bond donors (Lipinski definition) is 0. The average molecular weight is 1020 g/mol. The molecule has 0 aliphatic carbocycles. The minimum atomic E-state index is -1.62. The Kier molecular flexibility index (Phi) is 52.5. The SMILES string of the molecule is CC/C=C\C/C=C\C/C=C\C/C=C\CCCCCCCCCCCCCCC(=O)OC(COC(=O)CCCCCCCCCCCCC/C=C\C/C=C\CCCCCCC)COC(OCC[N+](C)(C)C)C(=O)[O-]. The van der Waals surface area contributed by atoms with E-state index in [-0.39, 0.29) is 38.6 Å². The van der Waals surface area contributed by atoms with Crippen molar-refractivity contribution in [3.05, 3.63) is 72.9 Å². The monoisotopic (exact) mass is 1020 g/mol. The van der Waals surface area contributed by atoms with E-state index in [1.165, 1.54) is 154 Å². The number of allylic oxidation sites excluding steroid dienone is 12. The van der Waals surface area contributed by atoms with E-state index in [4.69, 9.17) is 18.9 Å². The van der Waals surface area contributed by atoms with Crippen LogP contribution in [0.1, 0.15) is 258 Å². The molecular formula is C64H113NO8. The van der Waals surface area contributed by atoms with Crippen molar-refractivity contribution in [2.24, 2.45) is 0 Å². The van der Waals surface area contributed by atoms with Crippen LogP contribution in [0.25, 0.3) is 0 Å². The lowest BCUT2D eigenvalue weighted by atomic mass is 10.0. The third-order valence-electron chi connectivity index (χ3n) is 12.9. The van der Waals surface area contributed by atoms with Crippen LogP contribution >= 0.6 is 0 Å². The maximum Gasteiger partial charge on any atom is 0.306 e. The van der Waals surface area contributed by atoms with Gasteiger partial charge in [-0.3, -0.25) is 9.59 Å². The van der Waals surface area contributed by atoms with Crippen molar-refractivity contribution in [1.29, 1.82) is 0 Å². The van der Waals surface area contributed by atoms with E-state index in [0.29, 0.717) is 17.4 Å². The zero-order chi connectivity index (χ0) is 53.4. The number of likely N-dealkylation sites (N-methyl/N-ethyl adjacent to an activating group) is 1. The lowest BCUT2D eigenvalue weighted by Gasteiger charge is -2.26. The van der Waals surface area contributed by atoms with Crippen molar-refractivity contribution in [2.75, 3.05) is 47.5 Å². The van der Waals surface area contributed by atoms with Gasteiger partial charge in [0.2, 0.25) is 0 Å². The predicted octanol–water partition coefficient (Wildman–Crippen LogP) is 16.5. The van der Waals surface area contributed by atoms with E-state index in [2.05, 4.69) is 86.8 Å². The van der Waals surface area contributed by atoms with Gasteiger partial charge in [-0.25, -0.2) is 0 Å². The third kappa shape index (κ3) is 56.3. The van der Waals surface area contributed by atoms with Gasteiger partial charge in [-0.05, 0) is 83.5 Å². The molecule has 0 fully saturated rings. The van der Waals surface area contributed by atoms with Crippen molar-refractivity contribution in [2.45, 2.75) is 270 Å². The fourth-order valence-corrected chi connectivity index (χ4v) is 8.32. The maximum absolute atomic E-state index is 12.9. The molecule has 0 aliphatic rings. The van der Waals surface area contributed by atoms with Crippen LogP contribution in [0.2, 0.25) is 0 Å². The summed E-state index contributed by atoms with van der Waals surface area (Å²) in [5, 5.41) is 11.8. The Hall–Kier alpha value is -3.27. The van der Waals surface area contributed by atoms with Gasteiger partial charge in [0, 0.05) is 12.8 Å². The summed E-state index contributed by atoms with van der Waals surface area (Å²) < 4.78 is 22.7. The molecule has 0 heterocycles. The van der Waals surface area contributed by atoms with Crippen LogP contribution < -0.4 is 5.11 Å². The number of aliphatic carboxylic acids is 1. The first-order valence-corrected chi connectivity index (χ1v) is 30.1. The Balaban J connectivity index is 4.23. The van der Waals surface area contributed by atoms with Gasteiger partial charge in [0.05, 0.1) is 40.3 Å². The number of hydrogen-bond acceptors (Lipinski definition) is 8. The summed E-state index contributed by atoms with van der Waals surface area (Å²) in [6.45, 7) is 4.64. The Morgan fingerprint density at radius 1 is 0.425 bits per heavy atom. The molecule has 0 aromatic carbocycles. The molecule has 0 amide bonds.